The topological polar surface area (TPSA) is 117 Å². The van der Waals surface area contributed by atoms with Crippen LogP contribution in [0.2, 0.25) is 0 Å². The van der Waals surface area contributed by atoms with Gasteiger partial charge in [0.2, 0.25) is 17.5 Å². The molecule has 3 heterocycles. The monoisotopic (exact) mass is 501 g/mol. The molecule has 0 saturated heterocycles. The largest absolute Gasteiger partial charge is 0.493 e. The van der Waals surface area contributed by atoms with E-state index in [0.29, 0.717) is 40.6 Å². The molecule has 0 fully saturated rings. The molecule has 186 valence electrons. The van der Waals surface area contributed by atoms with Crippen molar-refractivity contribution in [3.63, 3.8) is 0 Å². The number of aromatic nitrogens is 3. The first kappa shape index (κ1) is 24.3. The van der Waals surface area contributed by atoms with Crippen molar-refractivity contribution in [2.75, 3.05) is 52.3 Å². The number of carbonyl (C=O) groups is 1. The summed E-state index contributed by atoms with van der Waals surface area (Å²) < 4.78 is 26.5. The van der Waals surface area contributed by atoms with Gasteiger partial charge < -0.3 is 33.9 Å². The molecule has 11 nitrogen and oxygen atoms in total. The van der Waals surface area contributed by atoms with Crippen LogP contribution >= 0.6 is 11.3 Å². The Hall–Kier alpha value is -3.80. The lowest BCUT2D eigenvalue weighted by atomic mass is 10.1. The summed E-state index contributed by atoms with van der Waals surface area (Å²) in [5.74, 6) is 2.43. The van der Waals surface area contributed by atoms with Crippen molar-refractivity contribution in [1.82, 2.24) is 15.0 Å². The Labute approximate surface area is 207 Å². The first-order chi connectivity index (χ1) is 17.0. The number of anilines is 2. The number of rotatable bonds is 9. The second-order valence-electron chi connectivity index (χ2n) is 7.57. The van der Waals surface area contributed by atoms with Gasteiger partial charge in [0, 0.05) is 23.9 Å². The zero-order valence-electron chi connectivity index (χ0n) is 20.2. The summed E-state index contributed by atoms with van der Waals surface area (Å²) in [5.41, 5.74) is 1.71. The molecular formula is C23H27N5O6S. The van der Waals surface area contributed by atoms with Crippen molar-refractivity contribution in [2.24, 2.45) is 0 Å². The van der Waals surface area contributed by atoms with Crippen molar-refractivity contribution in [1.29, 1.82) is 0 Å². The van der Waals surface area contributed by atoms with E-state index in [4.69, 9.17) is 23.7 Å². The second-order valence-corrected chi connectivity index (χ2v) is 8.66. The molecule has 1 N–H and O–H groups in total. The van der Waals surface area contributed by atoms with Gasteiger partial charge in [0.1, 0.15) is 5.82 Å². The molecule has 0 atom stereocenters. The SMILES string of the molecule is COc1cc(N2CCc3nc(NC(=O)Cc4cc(OC)c(OC)c(OC)c4)sc3C2)nc(OC)n1. The number of nitrogens with one attached hydrogen (secondary N) is 1. The number of fused-ring (bicyclic) bond motifs is 1. The van der Waals surface area contributed by atoms with Gasteiger partial charge in [-0.25, -0.2) is 4.98 Å². The third-order valence-electron chi connectivity index (χ3n) is 5.45. The molecule has 1 aliphatic rings. The number of amides is 1. The molecule has 1 amide bonds. The lowest BCUT2D eigenvalue weighted by Gasteiger charge is -2.27. The van der Waals surface area contributed by atoms with Gasteiger partial charge >= 0.3 is 6.01 Å². The zero-order chi connectivity index (χ0) is 24.9. The lowest BCUT2D eigenvalue weighted by molar-refractivity contribution is -0.115. The van der Waals surface area contributed by atoms with Crippen molar-refractivity contribution in [2.45, 2.75) is 19.4 Å². The first-order valence-corrected chi connectivity index (χ1v) is 11.6. The summed E-state index contributed by atoms with van der Waals surface area (Å²) in [6, 6.07) is 5.54. The van der Waals surface area contributed by atoms with Gasteiger partial charge in [0.25, 0.3) is 0 Å². The molecule has 0 saturated carbocycles. The van der Waals surface area contributed by atoms with Crippen molar-refractivity contribution in [3.05, 3.63) is 34.3 Å². The molecule has 3 aromatic rings. The Morgan fingerprint density at radius 1 is 0.971 bits per heavy atom. The minimum Gasteiger partial charge on any atom is -0.493 e. The lowest BCUT2D eigenvalue weighted by Crippen LogP contribution is -2.30. The van der Waals surface area contributed by atoms with Crippen LogP contribution in [-0.4, -0.2) is 63.0 Å². The summed E-state index contributed by atoms with van der Waals surface area (Å²) >= 11 is 1.45. The fraction of sp³-hybridized carbons (Fsp3) is 0.391. The molecule has 0 bridgehead atoms. The zero-order valence-corrected chi connectivity index (χ0v) is 21.0. The molecule has 12 heteroatoms. The van der Waals surface area contributed by atoms with Gasteiger partial charge in [-0.05, 0) is 17.7 Å². The van der Waals surface area contributed by atoms with Gasteiger partial charge in [-0.2, -0.15) is 9.97 Å². The van der Waals surface area contributed by atoms with Crippen LogP contribution in [0.15, 0.2) is 18.2 Å². The normalized spacial score (nSPS) is 12.5. The smallest absolute Gasteiger partial charge is 0.321 e. The van der Waals surface area contributed by atoms with Crippen LogP contribution in [0.1, 0.15) is 16.1 Å². The summed E-state index contributed by atoms with van der Waals surface area (Å²) in [5, 5.41) is 3.48. The Morgan fingerprint density at radius 3 is 2.34 bits per heavy atom. The average molecular weight is 502 g/mol. The molecular weight excluding hydrogens is 474 g/mol. The van der Waals surface area contributed by atoms with Crippen LogP contribution in [0.5, 0.6) is 29.1 Å². The predicted octanol–water partition coefficient (Wildman–Crippen LogP) is 2.72. The van der Waals surface area contributed by atoms with E-state index in [1.54, 1.807) is 25.3 Å². The Bertz CT molecular complexity index is 1170. The molecule has 0 aliphatic carbocycles. The Balaban J connectivity index is 1.46. The molecule has 1 aliphatic heterocycles. The number of benzene rings is 1. The number of nitrogens with zero attached hydrogens (tertiary/aromatic N) is 4. The molecule has 35 heavy (non-hydrogen) atoms. The van der Waals surface area contributed by atoms with Crippen molar-refractivity contribution < 1.29 is 28.5 Å². The first-order valence-electron chi connectivity index (χ1n) is 10.8. The number of ether oxygens (including phenoxy) is 5. The van der Waals surface area contributed by atoms with E-state index in [0.717, 1.165) is 29.1 Å². The van der Waals surface area contributed by atoms with Crippen molar-refractivity contribution >= 4 is 28.2 Å². The van der Waals surface area contributed by atoms with Crippen LogP contribution < -0.4 is 33.9 Å². The minimum atomic E-state index is -0.188. The van der Waals surface area contributed by atoms with Gasteiger partial charge in [-0.1, -0.05) is 11.3 Å². The van der Waals surface area contributed by atoms with Gasteiger partial charge in [-0.15, -0.1) is 0 Å². The van der Waals surface area contributed by atoms with E-state index in [9.17, 15) is 4.79 Å². The second kappa shape index (κ2) is 10.6. The number of hydrogen-bond acceptors (Lipinski definition) is 11. The van der Waals surface area contributed by atoms with E-state index in [2.05, 4.69) is 25.2 Å². The summed E-state index contributed by atoms with van der Waals surface area (Å²) in [7, 11) is 7.69. The minimum absolute atomic E-state index is 0.133. The van der Waals surface area contributed by atoms with E-state index >= 15 is 0 Å². The quantitative estimate of drug-likeness (QED) is 0.469. The Morgan fingerprint density at radius 2 is 1.71 bits per heavy atom. The fourth-order valence-electron chi connectivity index (χ4n) is 3.78. The fourth-order valence-corrected chi connectivity index (χ4v) is 4.82. The summed E-state index contributed by atoms with van der Waals surface area (Å²) in [4.78, 5) is 29.2. The van der Waals surface area contributed by atoms with Gasteiger partial charge in [0.05, 0.1) is 54.2 Å². The van der Waals surface area contributed by atoms with Gasteiger partial charge in [0.15, 0.2) is 16.6 Å². The van der Waals surface area contributed by atoms with E-state index in [1.807, 2.05) is 0 Å². The maximum Gasteiger partial charge on any atom is 0.321 e. The van der Waals surface area contributed by atoms with Crippen LogP contribution in [0.25, 0.3) is 0 Å². The van der Waals surface area contributed by atoms with E-state index in [-0.39, 0.29) is 18.3 Å². The number of hydrogen-bond donors (Lipinski definition) is 1. The summed E-state index contributed by atoms with van der Waals surface area (Å²) in [6.07, 6.45) is 0.858. The van der Waals surface area contributed by atoms with Crippen LogP contribution in [-0.2, 0) is 24.2 Å². The van der Waals surface area contributed by atoms with Crippen LogP contribution in [0.4, 0.5) is 10.9 Å². The standard InChI is InChI=1S/C23H27N5O6S/c1-30-15-8-13(9-16(31-2)21(15)33-4)10-19(29)26-23-24-14-6-7-28(12-17(14)35-23)18-11-20(32-3)27-22(25-18)34-5/h8-9,11H,6-7,10,12H2,1-5H3,(H,24,26,29). The number of thiazole rings is 1. The highest BCUT2D eigenvalue weighted by Crippen LogP contribution is 2.38. The third-order valence-corrected chi connectivity index (χ3v) is 6.45. The number of methoxy groups -OCH3 is 5. The number of carbonyl (C=O) groups excluding carboxylic acids is 1. The Kier molecular flexibility index (Phi) is 7.39. The van der Waals surface area contributed by atoms with Crippen LogP contribution in [0, 0.1) is 0 Å². The highest BCUT2D eigenvalue weighted by Gasteiger charge is 2.24. The average Bonchev–Trinajstić information content (AvgIpc) is 3.28. The summed E-state index contributed by atoms with van der Waals surface area (Å²) in [6.45, 7) is 1.33. The highest BCUT2D eigenvalue weighted by molar-refractivity contribution is 7.15. The van der Waals surface area contributed by atoms with E-state index in [1.165, 1.54) is 39.8 Å². The highest BCUT2D eigenvalue weighted by atomic mass is 32.1. The van der Waals surface area contributed by atoms with E-state index < -0.39 is 0 Å². The maximum absolute atomic E-state index is 12.8. The third kappa shape index (κ3) is 5.32. The molecule has 4 rings (SSSR count). The predicted molar refractivity (Wildman–Crippen MR) is 130 cm³/mol. The maximum atomic E-state index is 12.8. The van der Waals surface area contributed by atoms with Crippen molar-refractivity contribution in [3.8, 4) is 29.1 Å². The molecule has 0 radical (unpaired) electrons. The molecule has 0 unspecified atom stereocenters. The molecule has 0 spiro atoms. The van der Waals surface area contributed by atoms with Crippen LogP contribution in [0.3, 0.4) is 0 Å². The molecule has 2 aromatic heterocycles. The molecule has 1 aromatic carbocycles. The van der Waals surface area contributed by atoms with Gasteiger partial charge in [-0.3, -0.25) is 4.79 Å².